The molecule has 0 spiro atoms. The van der Waals surface area contributed by atoms with Crippen LogP contribution in [0.5, 0.6) is 0 Å². The molecule has 0 saturated heterocycles. The van der Waals surface area contributed by atoms with Gasteiger partial charge >= 0.3 is 5.97 Å². The van der Waals surface area contributed by atoms with Crippen molar-refractivity contribution in [3.8, 4) is 5.69 Å². The number of benzene rings is 3. The van der Waals surface area contributed by atoms with E-state index in [-0.39, 0.29) is 23.8 Å². The van der Waals surface area contributed by atoms with Gasteiger partial charge in [-0.15, -0.1) is 0 Å². The topological polar surface area (TPSA) is 113 Å². The quantitative estimate of drug-likeness (QED) is 0.265. The third-order valence-electron chi connectivity index (χ3n) is 7.25. The summed E-state index contributed by atoms with van der Waals surface area (Å²) in [4.78, 5) is 36.5. The molecule has 1 aromatic heterocycles. The zero-order valence-electron chi connectivity index (χ0n) is 21.9. The summed E-state index contributed by atoms with van der Waals surface area (Å²) in [6.07, 6.45) is 6.05. The molecule has 1 fully saturated rings. The van der Waals surface area contributed by atoms with E-state index in [0.29, 0.717) is 17.2 Å². The summed E-state index contributed by atoms with van der Waals surface area (Å²) in [6.45, 7) is 1.77. The molecule has 1 heterocycles. The molecule has 8 heteroatoms. The van der Waals surface area contributed by atoms with Gasteiger partial charge in [-0.3, -0.25) is 9.59 Å². The van der Waals surface area contributed by atoms with E-state index in [1.165, 1.54) is 49.2 Å². The summed E-state index contributed by atoms with van der Waals surface area (Å²) < 4.78 is 2.04. The number of para-hydroxylation sites is 1. The van der Waals surface area contributed by atoms with Crippen molar-refractivity contribution < 1.29 is 19.5 Å². The first-order valence-electron chi connectivity index (χ1n) is 13.4. The molecule has 0 unspecified atom stereocenters. The number of nitrogens with one attached hydrogen (secondary N) is 2. The van der Waals surface area contributed by atoms with E-state index in [1.54, 1.807) is 6.92 Å². The van der Waals surface area contributed by atoms with Crippen LogP contribution in [0.2, 0.25) is 0 Å². The number of hydrogen-bond acceptors (Lipinski definition) is 4. The molecule has 0 radical (unpaired) electrons. The predicted octanol–water partition coefficient (Wildman–Crippen LogP) is 5.92. The van der Waals surface area contributed by atoms with Gasteiger partial charge in [0.15, 0.2) is 0 Å². The average Bonchev–Trinajstić information content (AvgIpc) is 3.33. The Morgan fingerprint density at radius 1 is 0.949 bits per heavy atom. The van der Waals surface area contributed by atoms with E-state index in [2.05, 4.69) is 22.8 Å². The number of nitrogens with zero attached hydrogens (tertiary/aromatic N) is 2. The third kappa shape index (κ3) is 6.00. The molecule has 200 valence electrons. The minimum atomic E-state index is -1.03. The summed E-state index contributed by atoms with van der Waals surface area (Å²) in [7, 11) is 0. The number of carbonyl (C=O) groups excluding carboxylic acids is 2. The number of aromatic carboxylic acids is 1. The first-order valence-corrected chi connectivity index (χ1v) is 13.4. The number of amides is 2. The predicted molar refractivity (Wildman–Crippen MR) is 150 cm³/mol. The van der Waals surface area contributed by atoms with E-state index < -0.39 is 12.0 Å². The zero-order chi connectivity index (χ0) is 27.4. The minimum absolute atomic E-state index is 0.0725. The van der Waals surface area contributed by atoms with Crippen LogP contribution in [-0.2, 0) is 4.79 Å². The molecule has 1 saturated carbocycles. The summed E-state index contributed by atoms with van der Waals surface area (Å²) >= 11 is 0. The monoisotopic (exact) mass is 524 g/mol. The van der Waals surface area contributed by atoms with Gasteiger partial charge in [-0.1, -0.05) is 43.5 Å². The van der Waals surface area contributed by atoms with Crippen molar-refractivity contribution in [3.63, 3.8) is 0 Å². The second-order valence-electron chi connectivity index (χ2n) is 10.2. The Balaban J connectivity index is 1.30. The van der Waals surface area contributed by atoms with Crippen LogP contribution in [0.3, 0.4) is 0 Å². The van der Waals surface area contributed by atoms with Gasteiger partial charge in [0.25, 0.3) is 5.91 Å². The van der Waals surface area contributed by atoms with Gasteiger partial charge in [0.2, 0.25) is 5.91 Å². The average molecular weight is 525 g/mol. The number of hydrogen-bond donors (Lipinski definition) is 3. The summed E-state index contributed by atoms with van der Waals surface area (Å²) in [5.41, 5.74) is 4.14. The zero-order valence-corrected chi connectivity index (χ0v) is 21.9. The van der Waals surface area contributed by atoms with Gasteiger partial charge in [-0.05, 0) is 68.3 Å². The van der Waals surface area contributed by atoms with E-state index in [0.717, 1.165) is 29.4 Å². The molecule has 3 aromatic carbocycles. The van der Waals surface area contributed by atoms with Gasteiger partial charge in [0.1, 0.15) is 0 Å². The number of carboxylic acids is 1. The fraction of sp³-hybridized carbons (Fsp3) is 0.290. The fourth-order valence-corrected chi connectivity index (χ4v) is 5.33. The highest BCUT2D eigenvalue weighted by Gasteiger charge is 2.24. The van der Waals surface area contributed by atoms with Crippen LogP contribution in [0.15, 0.2) is 72.8 Å². The Labute approximate surface area is 227 Å². The Morgan fingerprint density at radius 2 is 1.64 bits per heavy atom. The normalized spacial score (nSPS) is 14.6. The maximum atomic E-state index is 13.1. The smallest absolute Gasteiger partial charge is 0.335 e. The van der Waals surface area contributed by atoms with Gasteiger partial charge in [-0.2, -0.15) is 5.10 Å². The van der Waals surface area contributed by atoms with Crippen molar-refractivity contribution >= 4 is 34.4 Å². The highest BCUT2D eigenvalue weighted by Crippen LogP contribution is 2.38. The molecule has 1 aliphatic carbocycles. The molecule has 3 N–H and O–H groups in total. The van der Waals surface area contributed by atoms with Crippen LogP contribution in [0.25, 0.3) is 16.6 Å². The van der Waals surface area contributed by atoms with Crippen molar-refractivity contribution in [2.75, 3.05) is 5.32 Å². The van der Waals surface area contributed by atoms with E-state index >= 15 is 0 Å². The van der Waals surface area contributed by atoms with Crippen molar-refractivity contribution in [2.45, 2.75) is 57.4 Å². The molecule has 8 nitrogen and oxygen atoms in total. The lowest BCUT2D eigenvalue weighted by atomic mass is 9.85. The third-order valence-corrected chi connectivity index (χ3v) is 7.25. The van der Waals surface area contributed by atoms with Crippen molar-refractivity contribution in [1.29, 1.82) is 0 Å². The van der Waals surface area contributed by atoms with Crippen LogP contribution in [0.1, 0.15) is 77.8 Å². The number of anilines is 1. The first-order chi connectivity index (χ1) is 18.9. The SMILES string of the molecule is C[C@H](CC(=O)Nc1ccc(C(=O)O)cc1)NC(=O)c1ccc2c(C3CCCCC3)n(-c3ccccc3)nc2c1. The molecule has 1 atom stereocenters. The molecule has 1 aliphatic rings. The van der Waals surface area contributed by atoms with Gasteiger partial charge in [0.05, 0.1) is 22.5 Å². The number of carbonyl (C=O) groups is 3. The fourth-order valence-electron chi connectivity index (χ4n) is 5.33. The molecule has 39 heavy (non-hydrogen) atoms. The maximum absolute atomic E-state index is 13.1. The van der Waals surface area contributed by atoms with Crippen LogP contribution in [-0.4, -0.2) is 38.7 Å². The molecular formula is C31H32N4O4. The molecular weight excluding hydrogens is 492 g/mol. The molecule has 0 aliphatic heterocycles. The Morgan fingerprint density at radius 3 is 2.33 bits per heavy atom. The largest absolute Gasteiger partial charge is 0.478 e. The molecule has 5 rings (SSSR count). The minimum Gasteiger partial charge on any atom is -0.478 e. The Bertz CT molecular complexity index is 1490. The Kier molecular flexibility index (Phi) is 7.72. The van der Waals surface area contributed by atoms with Gasteiger partial charge < -0.3 is 15.7 Å². The van der Waals surface area contributed by atoms with Crippen LogP contribution < -0.4 is 10.6 Å². The number of fused-ring (bicyclic) bond motifs is 1. The van der Waals surface area contributed by atoms with Crippen molar-refractivity contribution in [2.24, 2.45) is 0 Å². The summed E-state index contributed by atoms with van der Waals surface area (Å²) in [5, 5.41) is 20.6. The Hall–Kier alpha value is -4.46. The lowest BCUT2D eigenvalue weighted by Crippen LogP contribution is -2.35. The number of rotatable bonds is 8. The van der Waals surface area contributed by atoms with E-state index in [1.807, 2.05) is 41.1 Å². The van der Waals surface area contributed by atoms with Crippen LogP contribution in [0.4, 0.5) is 5.69 Å². The van der Waals surface area contributed by atoms with Crippen molar-refractivity contribution in [1.82, 2.24) is 15.1 Å². The van der Waals surface area contributed by atoms with Crippen molar-refractivity contribution in [3.05, 3.63) is 89.6 Å². The summed E-state index contributed by atoms with van der Waals surface area (Å²) in [6, 6.07) is 21.3. The summed E-state index contributed by atoms with van der Waals surface area (Å²) in [5.74, 6) is -1.14. The standard InChI is InChI=1S/C31H32N4O4/c1-20(18-28(36)33-24-15-12-22(13-16-24)31(38)39)32-30(37)23-14-17-26-27(19-23)34-35(25-10-6-3-7-11-25)29(26)21-8-4-2-5-9-21/h3,6-7,10-17,19-21H,2,4-5,8-9,18H2,1H3,(H,32,37)(H,33,36)(H,38,39)/t20-/m1/s1. The number of aromatic nitrogens is 2. The molecule has 2 amide bonds. The van der Waals surface area contributed by atoms with Crippen LogP contribution >= 0.6 is 0 Å². The lowest BCUT2D eigenvalue weighted by Gasteiger charge is -2.23. The van der Waals surface area contributed by atoms with E-state index in [4.69, 9.17) is 10.2 Å². The molecule has 0 bridgehead atoms. The second kappa shape index (κ2) is 11.5. The first kappa shape index (κ1) is 26.2. The highest BCUT2D eigenvalue weighted by atomic mass is 16.4. The number of carboxylic acid groups (broad SMARTS) is 1. The van der Waals surface area contributed by atoms with E-state index in [9.17, 15) is 14.4 Å². The lowest BCUT2D eigenvalue weighted by molar-refractivity contribution is -0.116. The highest BCUT2D eigenvalue weighted by molar-refractivity contribution is 5.99. The van der Waals surface area contributed by atoms with Crippen LogP contribution in [0, 0.1) is 0 Å². The maximum Gasteiger partial charge on any atom is 0.335 e. The van der Waals surface area contributed by atoms with Gasteiger partial charge in [0, 0.05) is 35.0 Å². The second-order valence-corrected chi connectivity index (χ2v) is 10.2. The van der Waals surface area contributed by atoms with Gasteiger partial charge in [-0.25, -0.2) is 9.48 Å². The molecule has 4 aromatic rings.